The fraction of sp³-hybridized carbons (Fsp3) is 0. The van der Waals surface area contributed by atoms with Crippen LogP contribution in [0.3, 0.4) is 0 Å². The molecule has 0 amide bonds. The lowest BCUT2D eigenvalue weighted by Gasteiger charge is -2.28. The largest absolute Gasteiger partial charge is 0.355 e. The number of hydrogen-bond donors (Lipinski definition) is 8. The van der Waals surface area contributed by atoms with Crippen LogP contribution in [0.25, 0.3) is 0 Å². The monoisotopic (exact) mass is 316 g/mol. The Kier molecular flexibility index (Phi) is 3.72. The summed E-state index contributed by atoms with van der Waals surface area (Å²) in [6.07, 6.45) is 0. The van der Waals surface area contributed by atoms with E-state index in [4.69, 9.17) is 19.6 Å². The second-order valence-corrected chi connectivity index (χ2v) is 10.5. The lowest BCUT2D eigenvalue weighted by atomic mass is 13.8. The molecule has 0 aromatic carbocycles. The van der Waals surface area contributed by atoms with Crippen molar-refractivity contribution in [3.8, 4) is 0 Å². The van der Waals surface area contributed by atoms with Gasteiger partial charge in [-0.25, -0.2) is 0 Å². The number of nitrogens with one attached hydrogen (secondary N) is 4. The Bertz CT molecular complexity index is 368. The van der Waals surface area contributed by atoms with E-state index in [1.807, 2.05) is 0 Å². The van der Waals surface area contributed by atoms with Crippen molar-refractivity contribution in [1.82, 2.24) is 19.4 Å². The average Bonchev–Trinajstić information content (AvgIpc) is 1.67. The SMILES string of the molecule is O=P1(O)NP(=O)(O)NP(=O)(O)NP(=O)(O)N1. The van der Waals surface area contributed by atoms with Gasteiger partial charge in [-0.1, -0.05) is 0 Å². The van der Waals surface area contributed by atoms with Crippen LogP contribution in [-0.4, -0.2) is 19.6 Å². The zero-order chi connectivity index (χ0) is 12.8. The highest BCUT2D eigenvalue weighted by atomic mass is 31.3. The maximum Gasteiger partial charge on any atom is 0.355 e. The maximum atomic E-state index is 11.1. The van der Waals surface area contributed by atoms with E-state index in [0.717, 1.165) is 19.4 Å². The third-order valence-corrected chi connectivity index (χ3v) is 9.76. The molecule has 12 nitrogen and oxygen atoms in total. The minimum atomic E-state index is -4.84. The van der Waals surface area contributed by atoms with E-state index in [1.165, 1.54) is 0 Å². The lowest BCUT2D eigenvalue weighted by molar-refractivity contribution is 0.418. The summed E-state index contributed by atoms with van der Waals surface area (Å²) in [6, 6.07) is 0. The van der Waals surface area contributed by atoms with E-state index >= 15 is 0 Å². The zero-order valence-electron chi connectivity index (χ0n) is 7.21. The van der Waals surface area contributed by atoms with Crippen LogP contribution in [0.2, 0.25) is 0 Å². The van der Waals surface area contributed by atoms with Gasteiger partial charge in [-0.2, -0.15) is 0 Å². The first-order chi connectivity index (χ1) is 6.83. The van der Waals surface area contributed by atoms with Crippen molar-refractivity contribution in [2.45, 2.75) is 0 Å². The third kappa shape index (κ3) is 4.46. The molecule has 0 aliphatic carbocycles. The van der Waals surface area contributed by atoms with Crippen molar-refractivity contribution in [3.63, 3.8) is 0 Å². The van der Waals surface area contributed by atoms with E-state index in [2.05, 4.69) is 0 Å². The molecule has 0 unspecified atom stereocenters. The quantitative estimate of drug-likeness (QED) is 0.248. The predicted octanol–water partition coefficient (Wildman–Crippen LogP) is -1.24. The zero-order valence-corrected chi connectivity index (χ0v) is 10.8. The second kappa shape index (κ2) is 4.07. The van der Waals surface area contributed by atoms with E-state index in [9.17, 15) is 18.3 Å². The highest BCUT2D eigenvalue weighted by Crippen LogP contribution is 2.61. The highest BCUT2D eigenvalue weighted by molar-refractivity contribution is 7.84. The lowest BCUT2D eigenvalue weighted by Crippen LogP contribution is -2.32. The molecule has 1 aliphatic heterocycles. The van der Waals surface area contributed by atoms with Crippen LogP contribution in [0.1, 0.15) is 0 Å². The molecule has 16 heavy (non-hydrogen) atoms. The van der Waals surface area contributed by atoms with Crippen LogP contribution >= 0.6 is 30.7 Å². The first-order valence-corrected chi connectivity index (χ1v) is 9.96. The van der Waals surface area contributed by atoms with Crippen molar-refractivity contribution in [3.05, 3.63) is 0 Å². The van der Waals surface area contributed by atoms with Crippen molar-refractivity contribution in [2.75, 3.05) is 0 Å². The van der Waals surface area contributed by atoms with Crippen LogP contribution in [-0.2, 0) is 18.3 Å². The van der Waals surface area contributed by atoms with Gasteiger partial charge in [0.15, 0.2) is 0 Å². The predicted molar refractivity (Wildman–Crippen MR) is 51.8 cm³/mol. The van der Waals surface area contributed by atoms with Gasteiger partial charge in [0.1, 0.15) is 0 Å². The fourth-order valence-corrected chi connectivity index (χ4v) is 9.03. The summed E-state index contributed by atoms with van der Waals surface area (Å²) >= 11 is 0. The summed E-state index contributed by atoms with van der Waals surface area (Å²) < 4.78 is 44.3. The van der Waals surface area contributed by atoms with Crippen LogP contribution in [0.15, 0.2) is 0 Å². The van der Waals surface area contributed by atoms with Gasteiger partial charge in [0.25, 0.3) is 0 Å². The minimum Gasteiger partial charge on any atom is -0.321 e. The topological polar surface area (TPSA) is 197 Å². The molecule has 8 N–H and O–H groups in total. The molecule has 0 saturated carbocycles. The van der Waals surface area contributed by atoms with E-state index < -0.39 is 30.7 Å². The summed E-state index contributed by atoms with van der Waals surface area (Å²) in [5, 5.41) is 0. The van der Waals surface area contributed by atoms with Gasteiger partial charge < -0.3 is 19.6 Å². The Morgan fingerprint density at radius 3 is 0.750 bits per heavy atom. The van der Waals surface area contributed by atoms with Crippen LogP contribution in [0.4, 0.5) is 0 Å². The van der Waals surface area contributed by atoms with Gasteiger partial charge in [0, 0.05) is 0 Å². The minimum absolute atomic E-state index is 1.14. The fourth-order valence-electron chi connectivity index (χ4n) is 0.824. The molecule has 96 valence electrons. The van der Waals surface area contributed by atoms with E-state index in [1.54, 1.807) is 0 Å². The molecule has 0 atom stereocenters. The molecule has 0 aromatic rings. The van der Waals surface area contributed by atoms with Gasteiger partial charge in [-0.3, -0.25) is 18.3 Å². The van der Waals surface area contributed by atoms with Crippen molar-refractivity contribution < 1.29 is 37.8 Å². The standard InChI is InChI=1S/H8N4O8P4/c5-13(6)1-14(7,8)3-16(11,12)4-15(9,10)2-13/h(H8,1,2,3,4,5,6,7,8,9,10,11,12). The summed E-state index contributed by atoms with van der Waals surface area (Å²) in [7, 11) is -19.4. The number of hydrogen-bond acceptors (Lipinski definition) is 4. The first-order valence-electron chi connectivity index (χ1n) is 3.32. The average molecular weight is 316 g/mol. The van der Waals surface area contributed by atoms with Crippen LogP contribution in [0, 0.1) is 0 Å². The molecule has 0 aromatic heterocycles. The van der Waals surface area contributed by atoms with Crippen molar-refractivity contribution in [2.24, 2.45) is 0 Å². The Morgan fingerprint density at radius 1 is 0.500 bits per heavy atom. The Morgan fingerprint density at radius 2 is 0.625 bits per heavy atom. The van der Waals surface area contributed by atoms with Gasteiger partial charge in [-0.05, 0) is 0 Å². The van der Waals surface area contributed by atoms with Crippen LogP contribution in [0.5, 0.6) is 0 Å². The van der Waals surface area contributed by atoms with Gasteiger partial charge in [-0.15, -0.1) is 19.4 Å². The maximum absolute atomic E-state index is 11.1. The molecule has 0 bridgehead atoms. The van der Waals surface area contributed by atoms with E-state index in [-0.39, 0.29) is 0 Å². The molecule has 1 saturated heterocycles. The van der Waals surface area contributed by atoms with Gasteiger partial charge in [0.05, 0.1) is 0 Å². The molecular weight excluding hydrogens is 308 g/mol. The van der Waals surface area contributed by atoms with Crippen LogP contribution < -0.4 is 19.4 Å². The summed E-state index contributed by atoms with van der Waals surface area (Å²) in [6.45, 7) is 0. The van der Waals surface area contributed by atoms with Crippen molar-refractivity contribution in [1.29, 1.82) is 0 Å². The number of rotatable bonds is 0. The Labute approximate surface area is 88.7 Å². The molecule has 1 fully saturated rings. The molecule has 0 spiro atoms. The molecule has 1 heterocycles. The van der Waals surface area contributed by atoms with E-state index in [0.29, 0.717) is 0 Å². The smallest absolute Gasteiger partial charge is 0.321 e. The second-order valence-electron chi connectivity index (χ2n) is 2.70. The molecule has 1 aliphatic rings. The summed E-state index contributed by atoms with van der Waals surface area (Å²) in [5.41, 5.74) is 0. The normalized spacial score (nSPS) is 55.2. The Hall–Kier alpha value is 0.600. The summed E-state index contributed by atoms with van der Waals surface area (Å²) in [4.78, 5) is 40.3. The molecule has 0 radical (unpaired) electrons. The molecule has 16 heteroatoms. The first kappa shape index (κ1) is 14.7. The third-order valence-electron chi connectivity index (χ3n) is 1.08. The van der Waals surface area contributed by atoms with Gasteiger partial charge in [0.2, 0.25) is 0 Å². The Balaban J connectivity index is 3.18. The van der Waals surface area contributed by atoms with Crippen molar-refractivity contribution >= 4 is 30.7 Å². The van der Waals surface area contributed by atoms with Gasteiger partial charge >= 0.3 is 30.7 Å². The highest BCUT2D eigenvalue weighted by Gasteiger charge is 2.45. The summed E-state index contributed by atoms with van der Waals surface area (Å²) in [5.74, 6) is 0. The molecular formula is H8N4O8P4. The molecule has 1 rings (SSSR count).